The lowest BCUT2D eigenvalue weighted by molar-refractivity contribution is -0.131. The molecule has 0 spiro atoms. The van der Waals surface area contributed by atoms with Gasteiger partial charge in [0.2, 0.25) is 5.91 Å². The molecule has 144 valence electrons. The average molecular weight is 381 g/mol. The first kappa shape index (κ1) is 19.3. The highest BCUT2D eigenvalue weighted by atomic mass is 32.2. The number of sulfone groups is 1. The molecule has 3 fully saturated rings. The first-order chi connectivity index (χ1) is 12.5. The Hall–Kier alpha value is -1.44. The van der Waals surface area contributed by atoms with Crippen LogP contribution in [0.15, 0.2) is 35.2 Å². The smallest absolute Gasteiger partial charge is 0.223 e. The summed E-state index contributed by atoms with van der Waals surface area (Å²) in [5.41, 5.74) is 0. The lowest BCUT2D eigenvalue weighted by Crippen LogP contribution is -2.45. The third-order valence-electron chi connectivity index (χ3n) is 5.45. The molecule has 0 N–H and O–H groups in total. The van der Waals surface area contributed by atoms with Crippen molar-refractivity contribution in [3.05, 3.63) is 30.3 Å². The van der Waals surface area contributed by atoms with E-state index in [1.165, 1.54) is 0 Å². The van der Waals surface area contributed by atoms with E-state index in [4.69, 9.17) is 4.74 Å². The minimum absolute atomic E-state index is 0.0463. The zero-order chi connectivity index (χ0) is 18.6. The van der Waals surface area contributed by atoms with Crippen molar-refractivity contribution in [2.45, 2.75) is 30.2 Å². The van der Waals surface area contributed by atoms with Gasteiger partial charge in [-0.05, 0) is 30.9 Å². The van der Waals surface area contributed by atoms with E-state index >= 15 is 0 Å². The van der Waals surface area contributed by atoms with Crippen LogP contribution < -0.4 is 0 Å². The molecule has 6 nitrogen and oxygen atoms in total. The van der Waals surface area contributed by atoms with Crippen LogP contribution in [-0.2, 0) is 19.4 Å². The predicted octanol–water partition coefficient (Wildman–Crippen LogP) is 1.42. The van der Waals surface area contributed by atoms with E-state index in [0.717, 1.165) is 32.5 Å². The second-order valence-corrected chi connectivity index (χ2v) is 9.37. The standard InChI is InChI=1S/C19H28N2O4S/c1-25-11-10-20-13-16-7-8-17(20)15-21(14-16)19(22)9-12-26(23,24)18-5-3-2-4-6-18/h2-6,16-17H,7-15H2,1H3/t16-,17-/m0/s1. The maximum absolute atomic E-state index is 12.7. The molecule has 3 saturated heterocycles. The third-order valence-corrected chi connectivity index (χ3v) is 7.18. The van der Waals surface area contributed by atoms with Gasteiger partial charge in [0.05, 0.1) is 17.3 Å². The molecule has 4 rings (SSSR count). The highest BCUT2D eigenvalue weighted by Gasteiger charge is 2.36. The largest absolute Gasteiger partial charge is 0.383 e. The van der Waals surface area contributed by atoms with Crippen LogP contribution in [0.25, 0.3) is 0 Å². The Kier molecular flexibility index (Phi) is 6.32. The van der Waals surface area contributed by atoms with Crippen molar-refractivity contribution in [3.63, 3.8) is 0 Å². The van der Waals surface area contributed by atoms with Crippen LogP contribution in [0.2, 0.25) is 0 Å². The fraction of sp³-hybridized carbons (Fsp3) is 0.632. The average Bonchev–Trinajstić information content (AvgIpc) is 2.97. The van der Waals surface area contributed by atoms with Crippen LogP contribution in [0.4, 0.5) is 0 Å². The van der Waals surface area contributed by atoms with Crippen molar-refractivity contribution in [1.82, 2.24) is 9.80 Å². The minimum atomic E-state index is -3.41. The van der Waals surface area contributed by atoms with Crippen molar-refractivity contribution < 1.29 is 17.9 Å². The molecule has 1 amide bonds. The first-order valence-corrected chi connectivity index (χ1v) is 10.9. The van der Waals surface area contributed by atoms with Crippen molar-refractivity contribution >= 4 is 15.7 Å². The van der Waals surface area contributed by atoms with Crippen molar-refractivity contribution in [2.24, 2.45) is 5.92 Å². The van der Waals surface area contributed by atoms with Gasteiger partial charge in [-0.1, -0.05) is 18.2 Å². The van der Waals surface area contributed by atoms with Crippen molar-refractivity contribution in [2.75, 3.05) is 45.6 Å². The number of amides is 1. The Balaban J connectivity index is 1.59. The van der Waals surface area contributed by atoms with Gasteiger partial charge in [0.1, 0.15) is 0 Å². The zero-order valence-electron chi connectivity index (χ0n) is 15.3. The van der Waals surface area contributed by atoms with Gasteiger partial charge < -0.3 is 9.64 Å². The molecule has 7 heteroatoms. The van der Waals surface area contributed by atoms with Gasteiger partial charge in [-0.25, -0.2) is 8.42 Å². The Bertz CT molecular complexity index is 708. The summed E-state index contributed by atoms with van der Waals surface area (Å²) in [6.07, 6.45) is 2.29. The van der Waals surface area contributed by atoms with Gasteiger partial charge in [0.15, 0.2) is 9.84 Å². The van der Waals surface area contributed by atoms with Crippen LogP contribution in [0.1, 0.15) is 19.3 Å². The number of fused-ring (bicyclic) bond motifs is 4. The van der Waals surface area contributed by atoms with Gasteiger partial charge in [-0.3, -0.25) is 9.69 Å². The maximum atomic E-state index is 12.7. The molecule has 1 aromatic rings. The highest BCUT2D eigenvalue weighted by molar-refractivity contribution is 7.91. The number of hydrogen-bond donors (Lipinski definition) is 0. The topological polar surface area (TPSA) is 66.9 Å². The molecule has 2 atom stereocenters. The number of benzene rings is 1. The SMILES string of the molecule is COCCN1C[C@@H]2CC[C@H]1CN(C(=O)CCS(=O)(=O)c1ccccc1)C2. The van der Waals surface area contributed by atoms with Gasteiger partial charge in [0, 0.05) is 45.8 Å². The normalized spacial score (nSPS) is 23.8. The molecule has 0 aromatic heterocycles. The molecular weight excluding hydrogens is 352 g/mol. The molecular formula is C19H28N2O4S. The summed E-state index contributed by atoms with van der Waals surface area (Å²) in [6, 6.07) is 8.72. The van der Waals surface area contributed by atoms with Gasteiger partial charge in [-0.2, -0.15) is 0 Å². The summed E-state index contributed by atoms with van der Waals surface area (Å²) in [6.45, 7) is 4.03. The van der Waals surface area contributed by atoms with E-state index < -0.39 is 9.84 Å². The summed E-state index contributed by atoms with van der Waals surface area (Å²) in [5.74, 6) is 0.296. The van der Waals surface area contributed by atoms with Crippen LogP contribution >= 0.6 is 0 Å². The second kappa shape index (κ2) is 8.50. The summed E-state index contributed by atoms with van der Waals surface area (Å²) in [5, 5.41) is 0. The number of carbonyl (C=O) groups is 1. The molecule has 0 aliphatic carbocycles. The van der Waals surface area contributed by atoms with Crippen LogP contribution in [0.5, 0.6) is 0 Å². The van der Waals surface area contributed by atoms with Gasteiger partial charge in [-0.15, -0.1) is 0 Å². The quantitative estimate of drug-likeness (QED) is 0.716. The molecule has 3 aliphatic rings. The van der Waals surface area contributed by atoms with Gasteiger partial charge in [0.25, 0.3) is 0 Å². The molecule has 3 aliphatic heterocycles. The number of rotatable bonds is 7. The molecule has 1 aromatic carbocycles. The molecule has 0 radical (unpaired) electrons. The fourth-order valence-electron chi connectivity index (χ4n) is 3.99. The summed E-state index contributed by atoms with van der Waals surface area (Å²) in [7, 11) is -1.70. The van der Waals surface area contributed by atoms with Crippen LogP contribution in [0, 0.1) is 5.92 Å². The summed E-state index contributed by atoms with van der Waals surface area (Å²) < 4.78 is 30.0. The second-order valence-electron chi connectivity index (χ2n) is 7.27. The number of ether oxygens (including phenoxy) is 1. The Morgan fingerprint density at radius 3 is 2.65 bits per heavy atom. The van der Waals surface area contributed by atoms with E-state index in [1.54, 1.807) is 37.4 Å². The zero-order valence-corrected chi connectivity index (χ0v) is 16.2. The molecule has 2 bridgehead atoms. The highest BCUT2D eigenvalue weighted by Crippen LogP contribution is 2.28. The van der Waals surface area contributed by atoms with Crippen LogP contribution in [0.3, 0.4) is 0 Å². The first-order valence-electron chi connectivity index (χ1n) is 9.28. The van der Waals surface area contributed by atoms with E-state index in [9.17, 15) is 13.2 Å². The lowest BCUT2D eigenvalue weighted by Gasteiger charge is -2.35. The van der Waals surface area contributed by atoms with E-state index in [2.05, 4.69) is 4.90 Å². The molecule has 0 saturated carbocycles. The van der Waals surface area contributed by atoms with Crippen molar-refractivity contribution in [1.29, 1.82) is 0 Å². The third kappa shape index (κ3) is 4.64. The van der Waals surface area contributed by atoms with E-state index in [0.29, 0.717) is 25.1 Å². The predicted molar refractivity (Wildman–Crippen MR) is 99.7 cm³/mol. The summed E-state index contributed by atoms with van der Waals surface area (Å²) in [4.78, 5) is 17.3. The Morgan fingerprint density at radius 1 is 1.15 bits per heavy atom. The number of hydrogen-bond acceptors (Lipinski definition) is 5. The number of methoxy groups -OCH3 is 1. The number of piperidine rings is 1. The minimum Gasteiger partial charge on any atom is -0.383 e. The summed E-state index contributed by atoms with van der Waals surface area (Å²) >= 11 is 0. The number of carbonyl (C=O) groups excluding carboxylic acids is 1. The van der Waals surface area contributed by atoms with Crippen molar-refractivity contribution in [3.8, 4) is 0 Å². The number of nitrogens with zero attached hydrogens (tertiary/aromatic N) is 2. The Labute approximate surface area is 156 Å². The van der Waals surface area contributed by atoms with E-state index in [-0.39, 0.29) is 23.0 Å². The van der Waals surface area contributed by atoms with Gasteiger partial charge >= 0.3 is 0 Å². The fourth-order valence-corrected chi connectivity index (χ4v) is 5.24. The van der Waals surface area contributed by atoms with E-state index in [1.807, 2.05) is 4.90 Å². The monoisotopic (exact) mass is 380 g/mol. The molecule has 3 heterocycles. The molecule has 26 heavy (non-hydrogen) atoms. The Morgan fingerprint density at radius 2 is 1.92 bits per heavy atom. The maximum Gasteiger partial charge on any atom is 0.223 e. The molecule has 0 unspecified atom stereocenters. The lowest BCUT2D eigenvalue weighted by atomic mass is 9.95. The van der Waals surface area contributed by atoms with Crippen LogP contribution in [-0.4, -0.2) is 75.8 Å².